The maximum absolute atomic E-state index is 9.75. The van der Waals surface area contributed by atoms with Crippen LogP contribution in [0, 0.1) is 11.8 Å². The van der Waals surface area contributed by atoms with Crippen LogP contribution in [0.25, 0.3) is 0 Å². The molecule has 0 aromatic heterocycles. The van der Waals surface area contributed by atoms with E-state index >= 15 is 0 Å². The van der Waals surface area contributed by atoms with Gasteiger partial charge in [0.15, 0.2) is 0 Å². The fourth-order valence-corrected chi connectivity index (χ4v) is 2.67. The van der Waals surface area contributed by atoms with Gasteiger partial charge in [0.25, 0.3) is 0 Å². The van der Waals surface area contributed by atoms with Crippen molar-refractivity contribution in [3.63, 3.8) is 0 Å². The molecule has 1 saturated carbocycles. The van der Waals surface area contributed by atoms with Gasteiger partial charge in [0.05, 0.1) is 12.2 Å². The van der Waals surface area contributed by atoms with Gasteiger partial charge in [0, 0.05) is 12.6 Å². The van der Waals surface area contributed by atoms with Crippen molar-refractivity contribution in [1.29, 1.82) is 0 Å². The van der Waals surface area contributed by atoms with Gasteiger partial charge in [-0.2, -0.15) is 0 Å². The van der Waals surface area contributed by atoms with Crippen molar-refractivity contribution in [3.05, 3.63) is 0 Å². The largest absolute Gasteiger partial charge is 0.396 e. The molecule has 0 radical (unpaired) electrons. The minimum atomic E-state index is -0.661. The van der Waals surface area contributed by atoms with Crippen LogP contribution in [0.2, 0.25) is 0 Å². The maximum Gasteiger partial charge on any atom is 0.0954 e. The molecule has 4 nitrogen and oxygen atoms in total. The molecule has 0 unspecified atom stereocenters. The fourth-order valence-electron chi connectivity index (χ4n) is 2.67. The van der Waals surface area contributed by atoms with Gasteiger partial charge in [-0.25, -0.2) is 0 Å². The average Bonchev–Trinajstić information content (AvgIpc) is 2.42. The maximum atomic E-state index is 9.75. The third-order valence-electron chi connectivity index (χ3n) is 3.48. The van der Waals surface area contributed by atoms with Gasteiger partial charge in [0.2, 0.25) is 0 Å². The number of hydrogen-bond donors (Lipinski definition) is 4. The SMILES string of the molecule is OC[C@H]1C[C@H]2NCC[C@@H]1[C@H](O)[C@@H]2O. The van der Waals surface area contributed by atoms with Crippen molar-refractivity contribution >= 4 is 0 Å². The molecule has 4 heteroatoms. The minimum Gasteiger partial charge on any atom is -0.396 e. The van der Waals surface area contributed by atoms with Crippen molar-refractivity contribution in [2.24, 2.45) is 11.8 Å². The molecule has 2 saturated heterocycles. The van der Waals surface area contributed by atoms with Gasteiger partial charge in [-0.15, -0.1) is 0 Å². The summed E-state index contributed by atoms with van der Waals surface area (Å²) in [6, 6.07) is -0.0362. The third-order valence-corrected chi connectivity index (χ3v) is 3.48. The molecule has 3 fully saturated rings. The molecule has 4 N–H and O–H groups in total. The topological polar surface area (TPSA) is 72.7 Å². The van der Waals surface area contributed by atoms with E-state index in [4.69, 9.17) is 5.11 Å². The summed E-state index contributed by atoms with van der Waals surface area (Å²) in [7, 11) is 0. The Morgan fingerprint density at radius 1 is 1.23 bits per heavy atom. The summed E-state index contributed by atoms with van der Waals surface area (Å²) in [6.45, 7) is 0.951. The lowest BCUT2D eigenvalue weighted by Gasteiger charge is -2.39. The summed E-state index contributed by atoms with van der Waals surface area (Å²) < 4.78 is 0. The van der Waals surface area contributed by atoms with Crippen LogP contribution in [0.1, 0.15) is 12.8 Å². The Hall–Kier alpha value is -0.160. The van der Waals surface area contributed by atoms with Crippen molar-refractivity contribution < 1.29 is 15.3 Å². The Morgan fingerprint density at radius 2 is 2.00 bits per heavy atom. The quantitative estimate of drug-likeness (QED) is 0.412. The van der Waals surface area contributed by atoms with E-state index in [0.717, 1.165) is 19.4 Å². The molecular weight excluding hydrogens is 170 g/mol. The predicted octanol–water partition coefficient (Wildman–Crippen LogP) is -1.30. The minimum absolute atomic E-state index is 0.0362. The van der Waals surface area contributed by atoms with Gasteiger partial charge in [-0.05, 0) is 31.2 Å². The molecule has 2 heterocycles. The Kier molecular flexibility index (Phi) is 2.55. The van der Waals surface area contributed by atoms with Crippen LogP contribution >= 0.6 is 0 Å². The first kappa shape index (κ1) is 9.40. The molecule has 13 heavy (non-hydrogen) atoms. The molecule has 0 amide bonds. The van der Waals surface area contributed by atoms with E-state index in [1.807, 2.05) is 0 Å². The standard InChI is InChI=1S/C9H17NO3/c11-4-5-3-7-9(13)8(12)6(5)1-2-10-7/h5-13H,1-4H2/t5-,6+,7-,8+,9-/m1/s1. The molecule has 0 aromatic carbocycles. The van der Waals surface area contributed by atoms with Crippen LogP contribution < -0.4 is 5.32 Å². The summed E-state index contributed by atoms with van der Waals surface area (Å²) >= 11 is 0. The van der Waals surface area contributed by atoms with Crippen LogP contribution in [-0.4, -0.2) is 46.7 Å². The van der Waals surface area contributed by atoms with E-state index in [1.165, 1.54) is 0 Å². The molecule has 2 bridgehead atoms. The number of fused-ring (bicyclic) bond motifs is 4. The van der Waals surface area contributed by atoms with Crippen LogP contribution in [0.5, 0.6) is 0 Å². The van der Waals surface area contributed by atoms with Crippen LogP contribution in [0.3, 0.4) is 0 Å². The molecule has 3 rings (SSSR count). The Labute approximate surface area is 77.6 Å². The number of hydrogen-bond acceptors (Lipinski definition) is 4. The van der Waals surface area contributed by atoms with Gasteiger partial charge in [-0.3, -0.25) is 0 Å². The summed E-state index contributed by atoms with van der Waals surface area (Å²) in [5.41, 5.74) is 0. The summed E-state index contributed by atoms with van der Waals surface area (Å²) in [4.78, 5) is 0. The lowest BCUT2D eigenvalue weighted by molar-refractivity contribution is -0.0813. The predicted molar refractivity (Wildman–Crippen MR) is 47.1 cm³/mol. The highest BCUT2D eigenvalue weighted by molar-refractivity contribution is 4.98. The summed E-state index contributed by atoms with van der Waals surface area (Å²) in [6.07, 6.45) is 0.306. The van der Waals surface area contributed by atoms with Crippen molar-refractivity contribution in [2.75, 3.05) is 13.2 Å². The Morgan fingerprint density at radius 3 is 2.69 bits per heavy atom. The van der Waals surface area contributed by atoms with Crippen molar-refractivity contribution in [3.8, 4) is 0 Å². The van der Waals surface area contributed by atoms with Crippen LogP contribution in [0.15, 0.2) is 0 Å². The summed E-state index contributed by atoms with van der Waals surface area (Å²) in [5.74, 6) is 0.213. The monoisotopic (exact) mass is 187 g/mol. The lowest BCUT2D eigenvalue weighted by atomic mass is 9.74. The number of aliphatic hydroxyl groups excluding tert-OH is 3. The van der Waals surface area contributed by atoms with Gasteiger partial charge < -0.3 is 20.6 Å². The van der Waals surface area contributed by atoms with E-state index in [2.05, 4.69) is 5.32 Å². The smallest absolute Gasteiger partial charge is 0.0954 e. The first-order chi connectivity index (χ1) is 6.24. The van der Waals surface area contributed by atoms with Crippen molar-refractivity contribution in [1.82, 2.24) is 5.32 Å². The van der Waals surface area contributed by atoms with E-state index in [0.29, 0.717) is 0 Å². The molecule has 0 aromatic rings. The first-order valence-electron chi connectivity index (χ1n) is 4.94. The molecule has 3 aliphatic rings. The average molecular weight is 187 g/mol. The van der Waals surface area contributed by atoms with Gasteiger partial charge >= 0.3 is 0 Å². The highest BCUT2D eigenvalue weighted by Crippen LogP contribution is 2.35. The first-order valence-corrected chi connectivity index (χ1v) is 4.94. The van der Waals surface area contributed by atoms with E-state index < -0.39 is 12.2 Å². The second-order valence-corrected chi connectivity index (χ2v) is 4.17. The molecule has 5 atom stereocenters. The second kappa shape index (κ2) is 3.53. The zero-order valence-electron chi connectivity index (χ0n) is 7.56. The highest BCUT2D eigenvalue weighted by Gasteiger charge is 2.44. The molecule has 1 aliphatic carbocycles. The number of nitrogens with one attached hydrogen (secondary N) is 1. The fraction of sp³-hybridized carbons (Fsp3) is 1.00. The van der Waals surface area contributed by atoms with E-state index in [1.54, 1.807) is 0 Å². The molecule has 2 aliphatic heterocycles. The second-order valence-electron chi connectivity index (χ2n) is 4.17. The van der Waals surface area contributed by atoms with Crippen LogP contribution in [0.4, 0.5) is 0 Å². The third kappa shape index (κ3) is 1.48. The zero-order valence-corrected chi connectivity index (χ0v) is 7.56. The molecule has 0 spiro atoms. The van der Waals surface area contributed by atoms with Gasteiger partial charge in [0.1, 0.15) is 0 Å². The zero-order chi connectivity index (χ0) is 9.42. The molecular formula is C9H17NO3. The van der Waals surface area contributed by atoms with Gasteiger partial charge in [-0.1, -0.05) is 0 Å². The Bertz CT molecular complexity index is 184. The Balaban J connectivity index is 2.18. The molecule has 76 valence electrons. The number of rotatable bonds is 1. The van der Waals surface area contributed by atoms with Crippen molar-refractivity contribution in [2.45, 2.75) is 31.1 Å². The van der Waals surface area contributed by atoms with E-state index in [-0.39, 0.29) is 24.5 Å². The van der Waals surface area contributed by atoms with E-state index in [9.17, 15) is 10.2 Å². The lowest BCUT2D eigenvalue weighted by Crippen LogP contribution is -2.52. The number of aliphatic hydroxyl groups is 3. The van der Waals surface area contributed by atoms with Crippen LogP contribution in [-0.2, 0) is 0 Å². The normalized spacial score (nSPS) is 50.5. The highest BCUT2D eigenvalue weighted by atomic mass is 16.3. The summed E-state index contributed by atoms with van der Waals surface area (Å²) in [5, 5.41) is 31.7.